The topological polar surface area (TPSA) is 17.8 Å². The molecule has 0 bridgehead atoms. The van der Waals surface area contributed by atoms with Crippen LogP contribution in [0.4, 0.5) is 0 Å². The molecule has 0 atom stereocenters. The quantitative estimate of drug-likeness (QED) is 0.180. The molecule has 2 aromatic heterocycles. The van der Waals surface area contributed by atoms with Crippen molar-refractivity contribution in [1.29, 1.82) is 0 Å². The number of hydrogen-bond acceptors (Lipinski definition) is 3. The van der Waals surface area contributed by atoms with Gasteiger partial charge in [-0.2, -0.15) is 0 Å². The number of benzene rings is 7. The van der Waals surface area contributed by atoms with Crippen molar-refractivity contribution in [2.45, 2.75) is 38.8 Å². The summed E-state index contributed by atoms with van der Waals surface area (Å²) >= 11 is 3.78. The third-order valence-corrected chi connectivity index (χ3v) is 13.8. The van der Waals surface area contributed by atoms with E-state index in [9.17, 15) is 0 Å². The van der Waals surface area contributed by atoms with Crippen molar-refractivity contribution in [2.24, 2.45) is 0 Å². The molecule has 11 rings (SSSR count). The van der Waals surface area contributed by atoms with Crippen LogP contribution in [-0.4, -0.2) is 9.55 Å². The van der Waals surface area contributed by atoms with Crippen molar-refractivity contribution in [3.8, 4) is 50.5 Å². The Morgan fingerprint density at radius 1 is 0.463 bits per heavy atom. The largest absolute Gasteiger partial charge is 0.308 e. The van der Waals surface area contributed by atoms with Gasteiger partial charge in [0.05, 0.1) is 27.3 Å². The van der Waals surface area contributed by atoms with E-state index in [0.29, 0.717) is 0 Å². The number of rotatable bonds is 4. The van der Waals surface area contributed by atoms with E-state index in [1.54, 1.807) is 0 Å². The van der Waals surface area contributed by atoms with E-state index in [-0.39, 0.29) is 5.41 Å². The maximum absolute atomic E-state index is 5.33. The summed E-state index contributed by atoms with van der Waals surface area (Å²) < 4.78 is 2.58. The van der Waals surface area contributed by atoms with Gasteiger partial charge in [0.15, 0.2) is 0 Å². The lowest BCUT2D eigenvalue weighted by atomic mass is 9.81. The molecule has 0 spiro atoms. The number of hydrogen-bond donors (Lipinski definition) is 0. The summed E-state index contributed by atoms with van der Waals surface area (Å²) in [6, 6.07) is 61.9. The van der Waals surface area contributed by atoms with Gasteiger partial charge in [-0.15, -0.1) is 0 Å². The first kappa shape index (κ1) is 31.7. The average molecular weight is 727 g/mol. The number of nitrogens with zero attached hydrogens (tertiary/aromatic N) is 2. The normalized spacial score (nSPS) is 13.7. The van der Waals surface area contributed by atoms with E-state index in [2.05, 4.69) is 188 Å². The van der Waals surface area contributed by atoms with Crippen molar-refractivity contribution in [1.82, 2.24) is 9.55 Å². The summed E-state index contributed by atoms with van der Waals surface area (Å²) in [7, 11) is 0. The Balaban J connectivity index is 1.20. The van der Waals surface area contributed by atoms with E-state index in [1.165, 1.54) is 69.2 Å². The van der Waals surface area contributed by atoms with Crippen molar-refractivity contribution in [3.05, 3.63) is 181 Å². The van der Waals surface area contributed by atoms with Gasteiger partial charge >= 0.3 is 0 Å². The zero-order chi connectivity index (χ0) is 36.0. The summed E-state index contributed by atoms with van der Waals surface area (Å²) in [6.45, 7) is 4.80. The minimum Gasteiger partial charge on any atom is -0.308 e. The molecule has 3 heterocycles. The molecule has 0 saturated heterocycles. The SMILES string of the molecule is CC1(C)c2ccccc2-c2ccc3c4ccc5c(c4n(-c4cccc(-c6cc(-c7ccccc7)cc(-c7ccccc7)n6)c4)c3c21)Sc1ccccc1S5. The highest BCUT2D eigenvalue weighted by Crippen LogP contribution is 2.56. The Morgan fingerprint density at radius 3 is 1.89 bits per heavy atom. The van der Waals surface area contributed by atoms with Gasteiger partial charge in [-0.05, 0) is 75.8 Å². The van der Waals surface area contributed by atoms with Crippen LogP contribution in [-0.2, 0) is 5.41 Å². The van der Waals surface area contributed by atoms with Gasteiger partial charge in [0.2, 0.25) is 0 Å². The highest BCUT2D eigenvalue weighted by atomic mass is 32.2. The summed E-state index contributed by atoms with van der Waals surface area (Å²) in [5.74, 6) is 0. The molecular weight excluding hydrogens is 693 g/mol. The smallest absolute Gasteiger partial charge is 0.0716 e. The van der Waals surface area contributed by atoms with Crippen molar-refractivity contribution in [3.63, 3.8) is 0 Å². The molecule has 0 fully saturated rings. The van der Waals surface area contributed by atoms with Crippen molar-refractivity contribution < 1.29 is 0 Å². The molecule has 0 N–H and O–H groups in total. The molecule has 256 valence electrons. The molecule has 54 heavy (non-hydrogen) atoms. The van der Waals surface area contributed by atoms with E-state index in [0.717, 1.165) is 33.8 Å². The fourth-order valence-electron chi connectivity index (χ4n) is 8.72. The van der Waals surface area contributed by atoms with Crippen LogP contribution in [0.5, 0.6) is 0 Å². The van der Waals surface area contributed by atoms with Crippen LogP contribution in [0.25, 0.3) is 72.3 Å². The van der Waals surface area contributed by atoms with Crippen LogP contribution in [0.3, 0.4) is 0 Å². The first-order valence-corrected chi connectivity index (χ1v) is 20.1. The van der Waals surface area contributed by atoms with Crippen molar-refractivity contribution in [2.75, 3.05) is 0 Å². The van der Waals surface area contributed by atoms with Crippen LogP contribution >= 0.6 is 23.5 Å². The minimum atomic E-state index is -0.181. The standard InChI is InChI=1S/C50H34N2S2/c1-50(2)40-21-10-9-20-36(40)37-24-25-38-39-26-27-45-49(54-44-23-12-11-22-43(44)53-45)48(39)52(47(38)46(37)50)35-19-13-18-33(28-35)42-30-34(31-14-5-3-6-15-31)29-41(51-42)32-16-7-4-8-17-32/h3-30H,1-2H3. The monoisotopic (exact) mass is 726 g/mol. The molecule has 1 aliphatic carbocycles. The Labute approximate surface area is 323 Å². The highest BCUT2D eigenvalue weighted by Gasteiger charge is 2.39. The lowest BCUT2D eigenvalue weighted by Crippen LogP contribution is -2.16. The molecule has 4 heteroatoms. The molecule has 2 aliphatic rings. The lowest BCUT2D eigenvalue weighted by Gasteiger charge is -2.24. The Hall–Kier alpha value is -5.81. The van der Waals surface area contributed by atoms with Gasteiger partial charge in [-0.3, -0.25) is 0 Å². The maximum atomic E-state index is 5.33. The second-order valence-electron chi connectivity index (χ2n) is 14.7. The predicted octanol–water partition coefficient (Wildman–Crippen LogP) is 14.1. The first-order chi connectivity index (χ1) is 26.5. The van der Waals surface area contributed by atoms with Gasteiger partial charge < -0.3 is 4.57 Å². The lowest BCUT2D eigenvalue weighted by molar-refractivity contribution is 0.664. The maximum Gasteiger partial charge on any atom is 0.0716 e. The minimum absolute atomic E-state index is 0.181. The molecule has 0 unspecified atom stereocenters. The van der Waals surface area contributed by atoms with E-state index < -0.39 is 0 Å². The average Bonchev–Trinajstić information content (AvgIpc) is 3.69. The fraction of sp³-hybridized carbons (Fsp3) is 0.0600. The Kier molecular flexibility index (Phi) is 7.11. The van der Waals surface area contributed by atoms with Crippen LogP contribution in [0, 0.1) is 0 Å². The van der Waals surface area contributed by atoms with E-state index in [1.807, 2.05) is 23.5 Å². The number of fused-ring (bicyclic) bond motifs is 10. The van der Waals surface area contributed by atoms with Gasteiger partial charge in [-0.1, -0.05) is 165 Å². The summed E-state index contributed by atoms with van der Waals surface area (Å²) in [5, 5.41) is 2.57. The van der Waals surface area contributed by atoms with Crippen LogP contribution in [0.2, 0.25) is 0 Å². The second kappa shape index (κ2) is 12.1. The second-order valence-corrected chi connectivity index (χ2v) is 16.9. The Bertz CT molecular complexity index is 2900. The number of aromatic nitrogens is 2. The molecular formula is C50H34N2S2. The van der Waals surface area contributed by atoms with E-state index >= 15 is 0 Å². The molecule has 7 aromatic carbocycles. The summed E-state index contributed by atoms with van der Waals surface area (Å²) in [5.41, 5.74) is 15.4. The van der Waals surface area contributed by atoms with Crippen LogP contribution in [0.1, 0.15) is 25.0 Å². The highest BCUT2D eigenvalue weighted by molar-refractivity contribution is 8.05. The molecule has 9 aromatic rings. The molecule has 0 radical (unpaired) electrons. The van der Waals surface area contributed by atoms with Crippen molar-refractivity contribution >= 4 is 45.3 Å². The molecule has 2 nitrogen and oxygen atoms in total. The van der Waals surface area contributed by atoms with Gasteiger partial charge in [0.25, 0.3) is 0 Å². The molecule has 0 saturated carbocycles. The third kappa shape index (κ3) is 4.80. The first-order valence-electron chi connectivity index (χ1n) is 18.5. The van der Waals surface area contributed by atoms with Gasteiger partial charge in [0, 0.05) is 47.7 Å². The third-order valence-electron chi connectivity index (χ3n) is 11.2. The zero-order valence-corrected chi connectivity index (χ0v) is 31.5. The van der Waals surface area contributed by atoms with Crippen LogP contribution < -0.4 is 0 Å². The van der Waals surface area contributed by atoms with Gasteiger partial charge in [0.1, 0.15) is 0 Å². The van der Waals surface area contributed by atoms with Gasteiger partial charge in [-0.25, -0.2) is 4.98 Å². The molecule has 0 amide bonds. The Morgan fingerprint density at radius 2 is 1.09 bits per heavy atom. The summed E-state index contributed by atoms with van der Waals surface area (Å²) in [6.07, 6.45) is 0. The van der Waals surface area contributed by atoms with Crippen LogP contribution in [0.15, 0.2) is 189 Å². The zero-order valence-electron chi connectivity index (χ0n) is 29.9. The fourth-order valence-corrected chi connectivity index (χ4v) is 11.1. The predicted molar refractivity (Wildman–Crippen MR) is 227 cm³/mol. The van der Waals surface area contributed by atoms with E-state index in [4.69, 9.17) is 4.98 Å². The number of pyridine rings is 1. The molecule has 1 aliphatic heterocycles. The summed E-state index contributed by atoms with van der Waals surface area (Å²) in [4.78, 5) is 10.6.